The van der Waals surface area contributed by atoms with E-state index in [0.717, 1.165) is 30.0 Å². The third-order valence-electron chi connectivity index (χ3n) is 5.23. The zero-order chi connectivity index (χ0) is 20.5. The molecule has 0 bridgehead atoms. The fourth-order valence-corrected chi connectivity index (χ4v) is 4.39. The molecular weight excluding hydrogens is 374 g/mol. The summed E-state index contributed by atoms with van der Waals surface area (Å²) in [6, 6.07) is 2.15. The first-order valence-corrected chi connectivity index (χ1v) is 11.7. The average molecular weight is 408 g/mol. The van der Waals surface area contributed by atoms with Crippen molar-refractivity contribution < 1.29 is 8.42 Å². The van der Waals surface area contributed by atoms with Crippen LogP contribution < -0.4 is 0 Å². The molecule has 2 heterocycles. The number of aromatic amines is 1. The van der Waals surface area contributed by atoms with E-state index in [1.54, 1.807) is 20.0 Å². The standard InChI is InChI=1S/C20H33N5O2S/c1-14(2)8-9-25-18(11-21-20(25)28(26,27)15(3)4)13-24(5)12-17-10-19(23-22-17)16-6-7-16/h10-11,14-16H,6-9,12-13H2,1-5H3,(H,22,23). The molecule has 0 spiro atoms. The molecule has 1 aliphatic carbocycles. The van der Waals surface area contributed by atoms with Crippen LogP contribution in [0.3, 0.4) is 0 Å². The molecule has 0 unspecified atom stereocenters. The summed E-state index contributed by atoms with van der Waals surface area (Å²) in [6.07, 6.45) is 5.11. The molecule has 0 aliphatic heterocycles. The fourth-order valence-electron chi connectivity index (χ4n) is 3.25. The van der Waals surface area contributed by atoms with Gasteiger partial charge in [-0.15, -0.1) is 0 Å². The lowest BCUT2D eigenvalue weighted by atomic mass is 10.1. The normalized spacial score (nSPS) is 15.3. The molecule has 1 fully saturated rings. The molecule has 8 heteroatoms. The average Bonchev–Trinajstić information content (AvgIpc) is 3.22. The molecule has 156 valence electrons. The Morgan fingerprint density at radius 1 is 1.25 bits per heavy atom. The zero-order valence-electron chi connectivity index (χ0n) is 17.6. The number of sulfone groups is 1. The first kappa shape index (κ1) is 21.0. The number of nitrogens with one attached hydrogen (secondary N) is 1. The van der Waals surface area contributed by atoms with Crippen molar-refractivity contribution in [3.05, 3.63) is 29.3 Å². The van der Waals surface area contributed by atoms with Crippen LogP contribution in [-0.4, -0.2) is 45.4 Å². The van der Waals surface area contributed by atoms with Gasteiger partial charge < -0.3 is 4.57 Å². The second kappa shape index (κ2) is 8.37. The number of hydrogen-bond acceptors (Lipinski definition) is 5. The molecule has 0 atom stereocenters. The Bertz CT molecular complexity index is 894. The molecule has 1 saturated carbocycles. The Hall–Kier alpha value is -1.67. The molecule has 0 amide bonds. The Balaban J connectivity index is 1.76. The minimum atomic E-state index is -3.41. The van der Waals surface area contributed by atoms with Crippen LogP contribution in [0.1, 0.15) is 70.0 Å². The summed E-state index contributed by atoms with van der Waals surface area (Å²) in [7, 11) is -1.38. The number of imidazole rings is 1. The fraction of sp³-hybridized carbons (Fsp3) is 0.700. The van der Waals surface area contributed by atoms with Gasteiger partial charge in [-0.3, -0.25) is 10.00 Å². The maximum Gasteiger partial charge on any atom is 0.228 e. The molecule has 0 radical (unpaired) electrons. The first-order chi connectivity index (χ1) is 13.2. The summed E-state index contributed by atoms with van der Waals surface area (Å²) in [5.74, 6) is 1.13. The van der Waals surface area contributed by atoms with E-state index < -0.39 is 15.1 Å². The van der Waals surface area contributed by atoms with Crippen molar-refractivity contribution in [2.24, 2.45) is 5.92 Å². The predicted molar refractivity (Wildman–Crippen MR) is 110 cm³/mol. The second-order valence-electron chi connectivity index (χ2n) is 8.72. The van der Waals surface area contributed by atoms with Crippen molar-refractivity contribution in [2.45, 2.75) is 82.9 Å². The van der Waals surface area contributed by atoms with Gasteiger partial charge in [0, 0.05) is 31.2 Å². The van der Waals surface area contributed by atoms with Gasteiger partial charge in [0.05, 0.1) is 22.8 Å². The molecule has 2 aromatic rings. The summed E-state index contributed by atoms with van der Waals surface area (Å²) >= 11 is 0. The predicted octanol–water partition coefficient (Wildman–Crippen LogP) is 3.34. The van der Waals surface area contributed by atoms with Gasteiger partial charge in [-0.1, -0.05) is 13.8 Å². The van der Waals surface area contributed by atoms with E-state index in [4.69, 9.17) is 0 Å². The maximum absolute atomic E-state index is 12.7. The highest BCUT2D eigenvalue weighted by Crippen LogP contribution is 2.39. The minimum absolute atomic E-state index is 0.198. The Morgan fingerprint density at radius 3 is 2.57 bits per heavy atom. The van der Waals surface area contributed by atoms with Crippen LogP contribution in [-0.2, 0) is 29.5 Å². The molecule has 28 heavy (non-hydrogen) atoms. The van der Waals surface area contributed by atoms with Gasteiger partial charge >= 0.3 is 0 Å². The number of nitrogens with zero attached hydrogens (tertiary/aromatic N) is 4. The van der Waals surface area contributed by atoms with E-state index in [2.05, 4.69) is 40.0 Å². The zero-order valence-corrected chi connectivity index (χ0v) is 18.5. The van der Waals surface area contributed by atoms with Crippen molar-refractivity contribution in [2.75, 3.05) is 7.05 Å². The van der Waals surface area contributed by atoms with Crippen molar-refractivity contribution in [3.8, 4) is 0 Å². The first-order valence-electron chi connectivity index (χ1n) is 10.2. The van der Waals surface area contributed by atoms with E-state index >= 15 is 0 Å². The molecule has 1 aliphatic rings. The van der Waals surface area contributed by atoms with Crippen LogP contribution in [0.15, 0.2) is 17.4 Å². The third kappa shape index (κ3) is 4.84. The van der Waals surface area contributed by atoms with E-state index in [-0.39, 0.29) is 5.16 Å². The third-order valence-corrected chi connectivity index (χ3v) is 7.30. The number of H-pyrrole nitrogens is 1. The lowest BCUT2D eigenvalue weighted by molar-refractivity contribution is 0.302. The van der Waals surface area contributed by atoms with Crippen LogP contribution in [0.2, 0.25) is 0 Å². The van der Waals surface area contributed by atoms with Crippen molar-refractivity contribution in [3.63, 3.8) is 0 Å². The number of rotatable bonds is 10. The highest BCUT2D eigenvalue weighted by Gasteiger charge is 2.28. The topological polar surface area (TPSA) is 83.9 Å². The SMILES string of the molecule is CC(C)CCn1c(CN(C)Cc2cc(C3CC3)n[nH]2)cnc1S(=O)(=O)C(C)C. The molecule has 0 aromatic carbocycles. The summed E-state index contributed by atoms with van der Waals surface area (Å²) in [6.45, 7) is 9.75. The quantitative estimate of drug-likeness (QED) is 0.653. The van der Waals surface area contributed by atoms with Gasteiger partial charge in [0.2, 0.25) is 15.0 Å². The number of aromatic nitrogens is 4. The number of hydrogen-bond donors (Lipinski definition) is 1. The van der Waals surface area contributed by atoms with Crippen LogP contribution in [0.4, 0.5) is 0 Å². The Morgan fingerprint density at radius 2 is 1.96 bits per heavy atom. The van der Waals surface area contributed by atoms with Gasteiger partial charge in [-0.25, -0.2) is 13.4 Å². The highest BCUT2D eigenvalue weighted by atomic mass is 32.2. The Kier molecular flexibility index (Phi) is 6.29. The van der Waals surface area contributed by atoms with Crippen LogP contribution in [0, 0.1) is 5.92 Å². The molecule has 3 rings (SSSR count). The van der Waals surface area contributed by atoms with Crippen LogP contribution in [0.5, 0.6) is 0 Å². The van der Waals surface area contributed by atoms with E-state index in [9.17, 15) is 8.42 Å². The van der Waals surface area contributed by atoms with E-state index in [1.807, 2.05) is 11.6 Å². The van der Waals surface area contributed by atoms with Crippen LogP contribution in [0.25, 0.3) is 0 Å². The van der Waals surface area contributed by atoms with Crippen molar-refractivity contribution in [1.82, 2.24) is 24.6 Å². The Labute approximate surface area is 168 Å². The molecule has 0 saturated heterocycles. The summed E-state index contributed by atoms with van der Waals surface area (Å²) in [5, 5.41) is 7.26. The lowest BCUT2D eigenvalue weighted by Gasteiger charge is -2.19. The smallest absolute Gasteiger partial charge is 0.228 e. The van der Waals surface area contributed by atoms with E-state index in [0.29, 0.717) is 24.9 Å². The lowest BCUT2D eigenvalue weighted by Crippen LogP contribution is -2.23. The van der Waals surface area contributed by atoms with Gasteiger partial charge in [0.25, 0.3) is 0 Å². The van der Waals surface area contributed by atoms with Crippen molar-refractivity contribution in [1.29, 1.82) is 0 Å². The molecule has 2 aromatic heterocycles. The van der Waals surface area contributed by atoms with E-state index in [1.165, 1.54) is 12.8 Å². The van der Waals surface area contributed by atoms with Crippen LogP contribution >= 0.6 is 0 Å². The monoisotopic (exact) mass is 407 g/mol. The second-order valence-corrected chi connectivity index (χ2v) is 11.1. The van der Waals surface area contributed by atoms with Gasteiger partial charge in [-0.05, 0) is 52.1 Å². The van der Waals surface area contributed by atoms with Crippen molar-refractivity contribution >= 4 is 9.84 Å². The molecule has 1 N–H and O–H groups in total. The summed E-state index contributed by atoms with van der Waals surface area (Å²) in [5.41, 5.74) is 3.19. The van der Waals surface area contributed by atoms with Gasteiger partial charge in [0.1, 0.15) is 0 Å². The minimum Gasteiger partial charge on any atom is -0.318 e. The van der Waals surface area contributed by atoms with Gasteiger partial charge in [0.15, 0.2) is 0 Å². The van der Waals surface area contributed by atoms with Gasteiger partial charge in [-0.2, -0.15) is 5.10 Å². The summed E-state index contributed by atoms with van der Waals surface area (Å²) in [4.78, 5) is 6.48. The largest absolute Gasteiger partial charge is 0.318 e. The maximum atomic E-state index is 12.7. The summed E-state index contributed by atoms with van der Waals surface area (Å²) < 4.78 is 27.4. The molecular formula is C20H33N5O2S. The highest BCUT2D eigenvalue weighted by molar-refractivity contribution is 7.91. The molecule has 7 nitrogen and oxygen atoms in total.